The van der Waals surface area contributed by atoms with Crippen molar-refractivity contribution in [3.8, 4) is 11.5 Å². The molecule has 2 aromatic rings. The highest BCUT2D eigenvalue weighted by Gasteiger charge is 2.27. The standard InChI is InChI=1S/C20H22N2O5/c1-13-10-17-18(27-9-8-26-17)11-15(13)19(23)21-14-4-2-6-22(12-14)20(24)16-5-3-7-25-16/h3,5,7,10-11,14H,2,4,6,8-9,12H2,1H3,(H,21,23). The van der Waals surface area contributed by atoms with Crippen molar-refractivity contribution in [1.29, 1.82) is 0 Å². The van der Waals surface area contributed by atoms with Gasteiger partial charge in [-0.25, -0.2) is 0 Å². The van der Waals surface area contributed by atoms with Crippen molar-refractivity contribution >= 4 is 11.8 Å². The number of furan rings is 1. The van der Waals surface area contributed by atoms with E-state index in [0.29, 0.717) is 49.1 Å². The van der Waals surface area contributed by atoms with Gasteiger partial charge in [0.1, 0.15) is 13.2 Å². The van der Waals surface area contributed by atoms with Crippen LogP contribution in [-0.4, -0.2) is 49.1 Å². The molecule has 1 aromatic heterocycles. The molecule has 1 atom stereocenters. The monoisotopic (exact) mass is 370 g/mol. The summed E-state index contributed by atoms with van der Waals surface area (Å²) in [7, 11) is 0. The predicted octanol–water partition coefficient (Wildman–Crippen LogP) is 2.39. The van der Waals surface area contributed by atoms with Crippen LogP contribution in [0.3, 0.4) is 0 Å². The molecule has 2 aliphatic rings. The van der Waals surface area contributed by atoms with Crippen molar-refractivity contribution < 1.29 is 23.5 Å². The molecule has 0 aliphatic carbocycles. The number of carbonyl (C=O) groups is 2. The lowest BCUT2D eigenvalue weighted by Gasteiger charge is -2.32. The highest BCUT2D eigenvalue weighted by molar-refractivity contribution is 5.97. The Kier molecular flexibility index (Phi) is 4.75. The Balaban J connectivity index is 1.44. The van der Waals surface area contributed by atoms with Crippen LogP contribution in [0, 0.1) is 6.92 Å². The first-order chi connectivity index (χ1) is 13.1. The number of hydrogen-bond donors (Lipinski definition) is 1. The molecule has 0 radical (unpaired) electrons. The van der Waals surface area contributed by atoms with E-state index in [1.807, 2.05) is 13.0 Å². The number of carbonyl (C=O) groups excluding carboxylic acids is 2. The topological polar surface area (TPSA) is 81.0 Å². The lowest BCUT2D eigenvalue weighted by molar-refractivity contribution is 0.0646. The Morgan fingerprint density at radius 3 is 2.70 bits per heavy atom. The molecule has 2 aliphatic heterocycles. The summed E-state index contributed by atoms with van der Waals surface area (Å²) in [5.74, 6) is 1.28. The quantitative estimate of drug-likeness (QED) is 0.897. The molecular weight excluding hydrogens is 348 g/mol. The first-order valence-corrected chi connectivity index (χ1v) is 9.15. The number of ether oxygens (including phenoxy) is 2. The van der Waals surface area contributed by atoms with Gasteiger partial charge >= 0.3 is 0 Å². The molecule has 2 amide bonds. The largest absolute Gasteiger partial charge is 0.486 e. The molecule has 7 heteroatoms. The summed E-state index contributed by atoms with van der Waals surface area (Å²) in [6.45, 7) is 3.99. The predicted molar refractivity (Wildman–Crippen MR) is 97.3 cm³/mol. The van der Waals surface area contributed by atoms with E-state index < -0.39 is 0 Å². The van der Waals surface area contributed by atoms with Crippen LogP contribution < -0.4 is 14.8 Å². The van der Waals surface area contributed by atoms with E-state index in [1.165, 1.54) is 6.26 Å². The van der Waals surface area contributed by atoms with Gasteiger partial charge in [0.05, 0.1) is 6.26 Å². The van der Waals surface area contributed by atoms with E-state index in [2.05, 4.69) is 5.32 Å². The molecule has 7 nitrogen and oxygen atoms in total. The average Bonchev–Trinajstić information content (AvgIpc) is 3.21. The molecule has 4 rings (SSSR count). The molecule has 1 fully saturated rings. The molecule has 1 saturated heterocycles. The Morgan fingerprint density at radius 1 is 1.19 bits per heavy atom. The van der Waals surface area contributed by atoms with Crippen molar-refractivity contribution in [2.24, 2.45) is 0 Å². The molecule has 3 heterocycles. The van der Waals surface area contributed by atoms with E-state index in [1.54, 1.807) is 23.1 Å². The summed E-state index contributed by atoms with van der Waals surface area (Å²) in [5, 5.41) is 3.05. The normalized spacial score (nSPS) is 18.9. The maximum atomic E-state index is 12.8. The Hall–Kier alpha value is -2.96. The first kappa shape index (κ1) is 17.5. The third kappa shape index (κ3) is 3.63. The van der Waals surface area contributed by atoms with Crippen molar-refractivity contribution in [3.63, 3.8) is 0 Å². The molecular formula is C20H22N2O5. The van der Waals surface area contributed by atoms with Crippen LogP contribution in [-0.2, 0) is 0 Å². The third-order valence-electron chi connectivity index (χ3n) is 4.91. The minimum absolute atomic E-state index is 0.0993. The highest BCUT2D eigenvalue weighted by Crippen LogP contribution is 2.33. The van der Waals surface area contributed by atoms with E-state index in [0.717, 1.165) is 18.4 Å². The van der Waals surface area contributed by atoms with Crippen LogP contribution in [0.5, 0.6) is 11.5 Å². The number of amides is 2. The fourth-order valence-corrected chi connectivity index (χ4v) is 3.53. The van der Waals surface area contributed by atoms with Crippen LogP contribution >= 0.6 is 0 Å². The van der Waals surface area contributed by atoms with Crippen LogP contribution in [0.15, 0.2) is 34.9 Å². The van der Waals surface area contributed by atoms with Gasteiger partial charge in [-0.1, -0.05) is 0 Å². The SMILES string of the molecule is Cc1cc2c(cc1C(=O)NC1CCCN(C(=O)c3ccco3)C1)OCCO2. The zero-order chi connectivity index (χ0) is 18.8. The molecule has 1 N–H and O–H groups in total. The first-order valence-electron chi connectivity index (χ1n) is 9.15. The molecule has 0 spiro atoms. The van der Waals surface area contributed by atoms with E-state index in [4.69, 9.17) is 13.9 Å². The fourth-order valence-electron chi connectivity index (χ4n) is 3.53. The number of piperidine rings is 1. The van der Waals surface area contributed by atoms with Crippen molar-refractivity contribution in [2.45, 2.75) is 25.8 Å². The Bertz CT molecular complexity index is 846. The Morgan fingerprint density at radius 2 is 1.96 bits per heavy atom. The minimum atomic E-state index is -0.165. The van der Waals surface area contributed by atoms with Gasteiger partial charge < -0.3 is 24.1 Å². The zero-order valence-corrected chi connectivity index (χ0v) is 15.2. The summed E-state index contributed by atoms with van der Waals surface area (Å²) in [5.41, 5.74) is 1.39. The summed E-state index contributed by atoms with van der Waals surface area (Å²) < 4.78 is 16.3. The average molecular weight is 370 g/mol. The van der Waals surface area contributed by atoms with E-state index >= 15 is 0 Å². The van der Waals surface area contributed by atoms with Gasteiger partial charge in [0, 0.05) is 24.7 Å². The minimum Gasteiger partial charge on any atom is -0.486 e. The van der Waals surface area contributed by atoms with Crippen LogP contribution in [0.2, 0.25) is 0 Å². The third-order valence-corrected chi connectivity index (χ3v) is 4.91. The molecule has 0 saturated carbocycles. The second-order valence-electron chi connectivity index (χ2n) is 6.85. The number of hydrogen-bond acceptors (Lipinski definition) is 5. The number of likely N-dealkylation sites (tertiary alicyclic amines) is 1. The van der Waals surface area contributed by atoms with Gasteiger partial charge in [-0.2, -0.15) is 0 Å². The van der Waals surface area contributed by atoms with Crippen LogP contribution in [0.1, 0.15) is 39.3 Å². The molecule has 142 valence electrons. The van der Waals surface area contributed by atoms with Gasteiger partial charge in [0.15, 0.2) is 17.3 Å². The van der Waals surface area contributed by atoms with Crippen molar-refractivity contribution in [2.75, 3.05) is 26.3 Å². The van der Waals surface area contributed by atoms with Crippen LogP contribution in [0.25, 0.3) is 0 Å². The van der Waals surface area contributed by atoms with Gasteiger partial charge in [0.25, 0.3) is 11.8 Å². The summed E-state index contributed by atoms with van der Waals surface area (Å²) in [6.07, 6.45) is 3.15. The summed E-state index contributed by atoms with van der Waals surface area (Å²) in [6, 6.07) is 6.81. The maximum Gasteiger partial charge on any atom is 0.289 e. The number of nitrogens with zero attached hydrogens (tertiary/aromatic N) is 1. The zero-order valence-electron chi connectivity index (χ0n) is 15.2. The van der Waals surface area contributed by atoms with Crippen LogP contribution in [0.4, 0.5) is 0 Å². The second kappa shape index (κ2) is 7.34. The van der Waals surface area contributed by atoms with Gasteiger partial charge in [-0.15, -0.1) is 0 Å². The number of aryl methyl sites for hydroxylation is 1. The lowest BCUT2D eigenvalue weighted by atomic mass is 10.0. The molecule has 1 aromatic carbocycles. The Labute approximate surface area is 157 Å². The summed E-state index contributed by atoms with van der Waals surface area (Å²) in [4.78, 5) is 27.0. The molecule has 27 heavy (non-hydrogen) atoms. The second-order valence-corrected chi connectivity index (χ2v) is 6.85. The number of nitrogens with one attached hydrogen (secondary N) is 1. The van der Waals surface area contributed by atoms with Crippen molar-refractivity contribution in [3.05, 3.63) is 47.4 Å². The highest BCUT2D eigenvalue weighted by atomic mass is 16.6. The van der Waals surface area contributed by atoms with Gasteiger partial charge in [-0.3, -0.25) is 9.59 Å². The summed E-state index contributed by atoms with van der Waals surface area (Å²) >= 11 is 0. The molecule has 0 bridgehead atoms. The molecule has 1 unspecified atom stereocenters. The fraction of sp³-hybridized carbons (Fsp3) is 0.400. The van der Waals surface area contributed by atoms with E-state index in [-0.39, 0.29) is 17.9 Å². The number of benzene rings is 1. The number of fused-ring (bicyclic) bond motifs is 1. The van der Waals surface area contributed by atoms with E-state index in [9.17, 15) is 9.59 Å². The maximum absolute atomic E-state index is 12.8. The number of rotatable bonds is 3. The van der Waals surface area contributed by atoms with Gasteiger partial charge in [-0.05, 0) is 49.6 Å². The van der Waals surface area contributed by atoms with Crippen molar-refractivity contribution in [1.82, 2.24) is 10.2 Å². The lowest BCUT2D eigenvalue weighted by Crippen LogP contribution is -2.49. The smallest absolute Gasteiger partial charge is 0.289 e. The van der Waals surface area contributed by atoms with Gasteiger partial charge in [0.2, 0.25) is 0 Å².